The lowest BCUT2D eigenvalue weighted by Crippen LogP contribution is -2.33. The quantitative estimate of drug-likeness (QED) is 0.763. The third-order valence-electron chi connectivity index (χ3n) is 3.31. The van der Waals surface area contributed by atoms with Crippen molar-refractivity contribution in [2.24, 2.45) is 0 Å². The van der Waals surface area contributed by atoms with Gasteiger partial charge in [0, 0.05) is 19.4 Å². The molecule has 0 aromatic carbocycles. The Morgan fingerprint density at radius 3 is 2.76 bits per heavy atom. The lowest BCUT2D eigenvalue weighted by atomic mass is 9.98. The van der Waals surface area contributed by atoms with Crippen LogP contribution in [0.1, 0.15) is 45.4 Å². The van der Waals surface area contributed by atoms with Gasteiger partial charge in [-0.1, -0.05) is 6.42 Å². The molecule has 96 valence electrons. The van der Waals surface area contributed by atoms with Crippen LogP contribution in [-0.4, -0.2) is 40.5 Å². The lowest BCUT2D eigenvalue weighted by Gasteiger charge is -2.11. The second-order valence-corrected chi connectivity index (χ2v) is 4.53. The molecule has 0 amide bonds. The molecule has 2 rings (SSSR count). The number of ether oxygens (including phenoxy) is 1. The average Bonchev–Trinajstić information content (AvgIpc) is 2.75. The molecule has 0 aromatic heterocycles. The molecule has 5 nitrogen and oxygen atoms in total. The Balaban J connectivity index is 2.15. The zero-order valence-corrected chi connectivity index (χ0v) is 10.2. The third-order valence-corrected chi connectivity index (χ3v) is 3.31. The fourth-order valence-corrected chi connectivity index (χ4v) is 2.48. The molecule has 2 atom stereocenters. The molecule has 2 aliphatic rings. The molecule has 1 heterocycles. The molecule has 1 aliphatic carbocycles. The number of rotatable bonds is 3. The number of aliphatic carboxylic acids is 1. The van der Waals surface area contributed by atoms with Crippen molar-refractivity contribution >= 4 is 11.7 Å². The third kappa shape index (κ3) is 2.77. The van der Waals surface area contributed by atoms with Gasteiger partial charge in [0.1, 0.15) is 0 Å². The number of hydrogen-bond acceptors (Lipinski definition) is 3. The van der Waals surface area contributed by atoms with Crippen molar-refractivity contribution < 1.29 is 24.2 Å². The zero-order valence-electron chi connectivity index (χ0n) is 10.2. The van der Waals surface area contributed by atoms with E-state index < -0.39 is 18.3 Å². The van der Waals surface area contributed by atoms with Crippen LogP contribution in [0, 0.1) is 0 Å². The Morgan fingerprint density at radius 1 is 1.47 bits per heavy atom. The maximum Gasteiger partial charge on any atom is 0.378 e. The molecular weight excluding hydrogens is 222 g/mol. The summed E-state index contributed by atoms with van der Waals surface area (Å²) >= 11 is 0. The van der Waals surface area contributed by atoms with E-state index in [4.69, 9.17) is 9.57 Å². The molecule has 0 spiro atoms. The molecule has 1 saturated heterocycles. The van der Waals surface area contributed by atoms with E-state index in [-0.39, 0.29) is 0 Å². The van der Waals surface area contributed by atoms with E-state index in [0.717, 1.165) is 31.4 Å². The number of carboxylic acid groups (broad SMARTS) is 1. The van der Waals surface area contributed by atoms with Gasteiger partial charge in [-0.05, 0) is 24.5 Å². The van der Waals surface area contributed by atoms with Gasteiger partial charge in [-0.2, -0.15) is 0 Å². The predicted octanol–water partition coefficient (Wildman–Crippen LogP) is 1.56. The van der Waals surface area contributed by atoms with Gasteiger partial charge in [-0.3, -0.25) is 0 Å². The van der Waals surface area contributed by atoms with Crippen molar-refractivity contribution in [1.29, 1.82) is 0 Å². The van der Waals surface area contributed by atoms with Crippen LogP contribution in [0.4, 0.5) is 0 Å². The van der Waals surface area contributed by atoms with Crippen molar-refractivity contribution in [2.45, 2.75) is 57.8 Å². The van der Waals surface area contributed by atoms with Crippen LogP contribution in [0.15, 0.2) is 0 Å². The van der Waals surface area contributed by atoms with E-state index in [0.29, 0.717) is 13.0 Å². The minimum Gasteiger partial charge on any atom is -0.476 e. The summed E-state index contributed by atoms with van der Waals surface area (Å²) in [5.74, 6) is -0.828. The van der Waals surface area contributed by atoms with Crippen molar-refractivity contribution in [2.75, 3.05) is 6.61 Å². The Hall–Kier alpha value is -1.10. The highest BCUT2D eigenvalue weighted by atomic mass is 16.8. The minimum absolute atomic E-state index is 0.407. The predicted molar refractivity (Wildman–Crippen MR) is 60.9 cm³/mol. The van der Waals surface area contributed by atoms with Gasteiger partial charge in [0.15, 0.2) is 0 Å². The molecular formula is C12H20NO4+. The summed E-state index contributed by atoms with van der Waals surface area (Å²) < 4.78 is 6.96. The second kappa shape index (κ2) is 5.49. The van der Waals surface area contributed by atoms with Gasteiger partial charge in [0.2, 0.25) is 5.71 Å². The first kappa shape index (κ1) is 12.4. The largest absolute Gasteiger partial charge is 0.476 e. The molecule has 1 aliphatic heterocycles. The average molecular weight is 242 g/mol. The maximum atomic E-state index is 11.2. The molecule has 0 aromatic rings. The van der Waals surface area contributed by atoms with Crippen molar-refractivity contribution in [3.8, 4) is 0 Å². The van der Waals surface area contributed by atoms with E-state index >= 15 is 0 Å². The number of carboxylic acids is 1. The fourth-order valence-electron chi connectivity index (χ4n) is 2.48. The van der Waals surface area contributed by atoms with Crippen molar-refractivity contribution in [3.05, 3.63) is 0 Å². The van der Waals surface area contributed by atoms with Gasteiger partial charge >= 0.3 is 12.0 Å². The summed E-state index contributed by atoms with van der Waals surface area (Å²) in [6.07, 6.45) is 5.37. The van der Waals surface area contributed by atoms with Crippen molar-refractivity contribution in [1.82, 2.24) is 0 Å². The normalized spacial score (nSPS) is 29.2. The minimum atomic E-state index is -0.828. The highest BCUT2D eigenvalue weighted by molar-refractivity contribution is 5.82. The van der Waals surface area contributed by atoms with E-state index in [1.165, 1.54) is 6.42 Å². The van der Waals surface area contributed by atoms with Crippen molar-refractivity contribution in [3.63, 3.8) is 0 Å². The smallest absolute Gasteiger partial charge is 0.378 e. The first-order chi connectivity index (χ1) is 8.22. The van der Waals surface area contributed by atoms with E-state index in [2.05, 4.69) is 0 Å². The van der Waals surface area contributed by atoms with Gasteiger partial charge in [-0.25, -0.2) is 9.63 Å². The standard InChI is InChI=1S/C12H19NO4/c1-2-16-11-8-10(12(14)15)13(17-11)9-6-4-3-5-7-9/h10-11H,2-8H2,1H3/p+1/t10-,11+/m0/s1. The summed E-state index contributed by atoms with van der Waals surface area (Å²) in [6, 6.07) is -0.584. The summed E-state index contributed by atoms with van der Waals surface area (Å²) in [6.45, 7) is 2.43. The lowest BCUT2D eigenvalue weighted by molar-refractivity contribution is -0.794. The number of carbonyl (C=O) groups is 1. The highest BCUT2D eigenvalue weighted by Gasteiger charge is 2.46. The van der Waals surface area contributed by atoms with Crippen LogP contribution < -0.4 is 0 Å². The van der Waals surface area contributed by atoms with Crippen LogP contribution in [0.25, 0.3) is 0 Å². The summed E-state index contributed by atoms with van der Waals surface area (Å²) in [5.41, 5.74) is 1.12. The first-order valence-electron chi connectivity index (χ1n) is 6.37. The Labute approximate surface area is 101 Å². The van der Waals surface area contributed by atoms with Gasteiger partial charge in [0.05, 0.1) is 6.42 Å². The van der Waals surface area contributed by atoms with Crippen LogP contribution in [0.3, 0.4) is 0 Å². The Bertz CT molecular complexity index is 318. The van der Waals surface area contributed by atoms with E-state index in [9.17, 15) is 9.90 Å². The number of nitrogens with zero attached hydrogens (tertiary/aromatic N) is 1. The number of hydroxylamine groups is 1. The molecule has 0 radical (unpaired) electrons. The summed E-state index contributed by atoms with van der Waals surface area (Å²) in [4.78, 5) is 16.8. The second-order valence-electron chi connectivity index (χ2n) is 4.53. The van der Waals surface area contributed by atoms with E-state index in [1.807, 2.05) is 6.92 Å². The summed E-state index contributed by atoms with van der Waals surface area (Å²) in [5, 5.41) is 9.21. The number of hydrogen-bond donors (Lipinski definition) is 1. The van der Waals surface area contributed by atoms with Crippen LogP contribution in [-0.2, 0) is 14.4 Å². The van der Waals surface area contributed by atoms with Gasteiger partial charge in [0.25, 0.3) is 6.29 Å². The molecule has 0 bridgehead atoms. The molecule has 1 saturated carbocycles. The molecule has 1 N–H and O–H groups in total. The highest BCUT2D eigenvalue weighted by Crippen LogP contribution is 2.23. The van der Waals surface area contributed by atoms with Gasteiger partial charge in [-0.15, -0.1) is 0 Å². The molecule has 5 heteroatoms. The Kier molecular flexibility index (Phi) is 3.99. The SMILES string of the molecule is CCO[C@H]1C[C@@H](C(=O)O)[N+](=C2CCCCC2)O1. The maximum absolute atomic E-state index is 11.2. The summed E-state index contributed by atoms with van der Waals surface area (Å²) in [7, 11) is 0. The molecule has 0 unspecified atom stereocenters. The van der Waals surface area contributed by atoms with Crippen LogP contribution >= 0.6 is 0 Å². The molecule has 17 heavy (non-hydrogen) atoms. The topological polar surface area (TPSA) is 58.8 Å². The monoisotopic (exact) mass is 242 g/mol. The first-order valence-corrected chi connectivity index (χ1v) is 6.37. The van der Waals surface area contributed by atoms with Crippen LogP contribution in [0.2, 0.25) is 0 Å². The fraction of sp³-hybridized carbons (Fsp3) is 0.833. The van der Waals surface area contributed by atoms with Crippen LogP contribution in [0.5, 0.6) is 0 Å². The van der Waals surface area contributed by atoms with E-state index in [1.54, 1.807) is 4.74 Å². The molecule has 2 fully saturated rings. The van der Waals surface area contributed by atoms with Gasteiger partial charge < -0.3 is 9.84 Å². The zero-order chi connectivity index (χ0) is 12.3. The Morgan fingerprint density at radius 2 is 2.18 bits per heavy atom.